The van der Waals surface area contributed by atoms with Crippen LogP contribution in [0.5, 0.6) is 0 Å². The number of carbonyl (C=O) groups excluding carboxylic acids is 2. The molecule has 0 spiro atoms. The van der Waals surface area contributed by atoms with Gasteiger partial charge in [-0.15, -0.1) is 0 Å². The third-order valence-corrected chi connectivity index (χ3v) is 4.98. The van der Waals surface area contributed by atoms with Crippen LogP contribution in [0.2, 0.25) is 0 Å². The Morgan fingerprint density at radius 2 is 1.53 bits per heavy atom. The highest BCUT2D eigenvalue weighted by molar-refractivity contribution is 5.98. The molecule has 0 saturated heterocycles. The zero-order valence-electron chi connectivity index (χ0n) is 19.3. The standard InChI is InChI=1S/C22H34N4O6/c1-5-7-8-9-11-24(10-6-2)22(28)20(12-16(3)4)23-21(27)17-13-18(25(29)30)15-19(14-17)26(31)32/h13-16,20H,5-12H2,1-4H3,(H,23,27). The number of hydrogen-bond donors (Lipinski definition) is 1. The van der Waals surface area contributed by atoms with Crippen molar-refractivity contribution in [2.45, 2.75) is 72.3 Å². The van der Waals surface area contributed by atoms with Crippen molar-refractivity contribution in [1.29, 1.82) is 0 Å². The Hall–Kier alpha value is -3.04. The topological polar surface area (TPSA) is 136 Å². The second-order valence-corrected chi connectivity index (χ2v) is 8.29. The Morgan fingerprint density at radius 1 is 0.938 bits per heavy atom. The third kappa shape index (κ3) is 8.60. The average molecular weight is 451 g/mol. The molecule has 0 aromatic heterocycles. The van der Waals surface area contributed by atoms with E-state index in [0.29, 0.717) is 19.5 Å². The maximum Gasteiger partial charge on any atom is 0.277 e. The number of nitrogens with zero attached hydrogens (tertiary/aromatic N) is 3. The molecular weight excluding hydrogens is 416 g/mol. The quantitative estimate of drug-likeness (QED) is 0.252. The molecule has 1 N–H and O–H groups in total. The first-order chi connectivity index (χ1) is 15.1. The van der Waals surface area contributed by atoms with Crippen LogP contribution in [-0.4, -0.2) is 45.7 Å². The molecule has 0 bridgehead atoms. The molecule has 0 fully saturated rings. The van der Waals surface area contributed by atoms with Gasteiger partial charge < -0.3 is 10.2 Å². The van der Waals surface area contributed by atoms with Crippen LogP contribution >= 0.6 is 0 Å². The zero-order chi connectivity index (χ0) is 24.3. The molecule has 32 heavy (non-hydrogen) atoms. The van der Waals surface area contributed by atoms with Crippen molar-refractivity contribution in [3.05, 3.63) is 44.0 Å². The van der Waals surface area contributed by atoms with Crippen molar-refractivity contribution in [1.82, 2.24) is 10.2 Å². The third-order valence-electron chi connectivity index (χ3n) is 4.98. The minimum absolute atomic E-state index is 0.104. The molecule has 1 aromatic carbocycles. The summed E-state index contributed by atoms with van der Waals surface area (Å²) in [5, 5.41) is 24.9. The molecule has 0 aliphatic carbocycles. The summed E-state index contributed by atoms with van der Waals surface area (Å²) in [4.78, 5) is 48.5. The Kier molecular flexibility index (Phi) is 11.3. The van der Waals surface area contributed by atoms with Crippen LogP contribution in [0.25, 0.3) is 0 Å². The van der Waals surface area contributed by atoms with Gasteiger partial charge in [0.05, 0.1) is 21.5 Å². The molecular formula is C22H34N4O6. The Bertz CT molecular complexity index is 779. The summed E-state index contributed by atoms with van der Waals surface area (Å²) < 4.78 is 0. The number of carbonyl (C=O) groups is 2. The van der Waals surface area contributed by atoms with E-state index in [-0.39, 0.29) is 17.4 Å². The van der Waals surface area contributed by atoms with Gasteiger partial charge in [0.2, 0.25) is 5.91 Å². The van der Waals surface area contributed by atoms with Gasteiger partial charge in [0.1, 0.15) is 6.04 Å². The number of nitro benzene ring substituents is 2. The molecule has 0 radical (unpaired) electrons. The Labute approximate surface area is 188 Å². The van der Waals surface area contributed by atoms with E-state index in [0.717, 1.165) is 50.3 Å². The summed E-state index contributed by atoms with van der Waals surface area (Å²) in [5.74, 6) is -0.851. The molecule has 0 aliphatic rings. The van der Waals surface area contributed by atoms with Crippen LogP contribution < -0.4 is 5.32 Å². The summed E-state index contributed by atoms with van der Waals surface area (Å²) >= 11 is 0. The number of non-ortho nitro benzene ring substituents is 2. The van der Waals surface area contributed by atoms with Crippen molar-refractivity contribution in [2.75, 3.05) is 13.1 Å². The maximum absolute atomic E-state index is 13.2. The second kappa shape index (κ2) is 13.4. The van der Waals surface area contributed by atoms with Crippen LogP contribution in [0.4, 0.5) is 11.4 Å². The minimum atomic E-state index is -0.821. The van der Waals surface area contributed by atoms with Gasteiger partial charge in [-0.3, -0.25) is 29.8 Å². The summed E-state index contributed by atoms with van der Waals surface area (Å²) in [6.07, 6.45) is 5.23. The van der Waals surface area contributed by atoms with Gasteiger partial charge >= 0.3 is 0 Å². The second-order valence-electron chi connectivity index (χ2n) is 8.29. The molecule has 1 unspecified atom stereocenters. The van der Waals surface area contributed by atoms with Gasteiger partial charge in [0.25, 0.3) is 17.3 Å². The predicted molar refractivity (Wildman–Crippen MR) is 121 cm³/mol. The lowest BCUT2D eigenvalue weighted by Gasteiger charge is -2.28. The van der Waals surface area contributed by atoms with Gasteiger partial charge in [-0.2, -0.15) is 0 Å². The Morgan fingerprint density at radius 3 is 2.00 bits per heavy atom. The molecule has 1 rings (SSSR count). The summed E-state index contributed by atoms with van der Waals surface area (Å²) in [5.41, 5.74) is -1.34. The average Bonchev–Trinajstić information content (AvgIpc) is 2.74. The first-order valence-corrected chi connectivity index (χ1v) is 11.1. The molecule has 10 nitrogen and oxygen atoms in total. The molecule has 10 heteroatoms. The van der Waals surface area contributed by atoms with Crippen molar-refractivity contribution in [2.24, 2.45) is 5.92 Å². The largest absolute Gasteiger partial charge is 0.341 e. The van der Waals surface area contributed by atoms with Crippen LogP contribution in [-0.2, 0) is 4.79 Å². The van der Waals surface area contributed by atoms with Gasteiger partial charge in [-0.05, 0) is 25.2 Å². The van der Waals surface area contributed by atoms with E-state index in [1.54, 1.807) is 4.90 Å². The molecule has 178 valence electrons. The number of rotatable bonds is 14. The monoisotopic (exact) mass is 450 g/mol. The minimum Gasteiger partial charge on any atom is -0.341 e. The van der Waals surface area contributed by atoms with E-state index in [9.17, 15) is 29.8 Å². The van der Waals surface area contributed by atoms with E-state index < -0.39 is 33.2 Å². The smallest absolute Gasteiger partial charge is 0.277 e. The fourth-order valence-electron chi connectivity index (χ4n) is 3.42. The first kappa shape index (κ1) is 27.0. The summed E-state index contributed by atoms with van der Waals surface area (Å²) in [6.45, 7) is 9.11. The van der Waals surface area contributed by atoms with Crippen molar-refractivity contribution in [3.8, 4) is 0 Å². The van der Waals surface area contributed by atoms with E-state index >= 15 is 0 Å². The van der Waals surface area contributed by atoms with Crippen molar-refractivity contribution in [3.63, 3.8) is 0 Å². The first-order valence-electron chi connectivity index (χ1n) is 11.1. The lowest BCUT2D eigenvalue weighted by Crippen LogP contribution is -2.49. The summed E-state index contributed by atoms with van der Waals surface area (Å²) in [6, 6.07) is 1.94. The lowest BCUT2D eigenvalue weighted by molar-refractivity contribution is -0.394. The van der Waals surface area contributed by atoms with E-state index in [1.165, 1.54) is 0 Å². The molecule has 1 atom stereocenters. The lowest BCUT2D eigenvalue weighted by atomic mass is 10.0. The van der Waals surface area contributed by atoms with Gasteiger partial charge in [-0.25, -0.2) is 0 Å². The van der Waals surface area contributed by atoms with Crippen molar-refractivity contribution >= 4 is 23.2 Å². The van der Waals surface area contributed by atoms with Crippen LogP contribution in [0.15, 0.2) is 18.2 Å². The molecule has 1 aromatic rings. The highest BCUT2D eigenvalue weighted by Crippen LogP contribution is 2.23. The number of nitro groups is 2. The van der Waals surface area contributed by atoms with E-state index in [4.69, 9.17) is 0 Å². The van der Waals surface area contributed by atoms with Crippen LogP contribution in [0, 0.1) is 26.1 Å². The van der Waals surface area contributed by atoms with Crippen LogP contribution in [0.3, 0.4) is 0 Å². The highest BCUT2D eigenvalue weighted by atomic mass is 16.6. The highest BCUT2D eigenvalue weighted by Gasteiger charge is 2.28. The number of hydrogen-bond acceptors (Lipinski definition) is 6. The fraction of sp³-hybridized carbons (Fsp3) is 0.636. The number of benzene rings is 1. The molecule has 0 saturated carbocycles. The SMILES string of the molecule is CCCCCCN(CCC)C(=O)C(CC(C)C)NC(=O)c1cc([N+](=O)[O-])cc([N+](=O)[O-])c1. The fourth-order valence-corrected chi connectivity index (χ4v) is 3.42. The normalized spacial score (nSPS) is 11.8. The van der Waals surface area contributed by atoms with Gasteiger partial charge in [-0.1, -0.05) is 47.0 Å². The number of unbranched alkanes of at least 4 members (excludes halogenated alkanes) is 3. The van der Waals surface area contributed by atoms with Crippen LogP contribution in [0.1, 0.15) is 76.6 Å². The zero-order valence-corrected chi connectivity index (χ0v) is 19.3. The predicted octanol–water partition coefficient (Wildman–Crippen LogP) is 4.47. The van der Waals surface area contributed by atoms with E-state index in [2.05, 4.69) is 12.2 Å². The maximum atomic E-state index is 13.2. The molecule has 0 aliphatic heterocycles. The van der Waals surface area contributed by atoms with Gasteiger partial charge in [0.15, 0.2) is 0 Å². The summed E-state index contributed by atoms with van der Waals surface area (Å²) in [7, 11) is 0. The van der Waals surface area contributed by atoms with Crippen molar-refractivity contribution < 1.29 is 19.4 Å². The number of nitrogens with one attached hydrogen (secondary N) is 1. The molecule has 2 amide bonds. The van der Waals surface area contributed by atoms with E-state index in [1.807, 2.05) is 20.8 Å². The number of amides is 2. The Balaban J connectivity index is 3.11. The van der Waals surface area contributed by atoms with Gasteiger partial charge in [0, 0.05) is 25.2 Å². The molecule has 0 heterocycles.